The molecule has 0 spiro atoms. The van der Waals surface area contributed by atoms with E-state index < -0.39 is 0 Å². The quantitative estimate of drug-likeness (QED) is 0.861. The van der Waals surface area contributed by atoms with Gasteiger partial charge in [0, 0.05) is 18.1 Å². The second kappa shape index (κ2) is 5.34. The fourth-order valence-electron chi connectivity index (χ4n) is 2.51. The monoisotopic (exact) mass is 267 g/mol. The summed E-state index contributed by atoms with van der Waals surface area (Å²) in [4.78, 5) is 18.5. The molecule has 2 unspecified atom stereocenters. The SMILES string of the molecule is O=C(C1CCCN1)N1CCOC(c2nccs2)C1. The lowest BCUT2D eigenvalue weighted by molar-refractivity contribution is -0.140. The average molecular weight is 267 g/mol. The second-order valence-electron chi connectivity index (χ2n) is 4.66. The van der Waals surface area contributed by atoms with E-state index in [-0.39, 0.29) is 18.1 Å². The summed E-state index contributed by atoms with van der Waals surface area (Å²) in [7, 11) is 0. The van der Waals surface area contributed by atoms with Gasteiger partial charge in [0.15, 0.2) is 0 Å². The number of ether oxygens (including phenoxy) is 1. The Kier molecular flexibility index (Phi) is 3.58. The molecule has 3 rings (SSSR count). The first kappa shape index (κ1) is 12.1. The Bertz CT molecular complexity index is 403. The zero-order valence-electron chi connectivity index (χ0n) is 10.2. The van der Waals surface area contributed by atoms with Gasteiger partial charge in [-0.15, -0.1) is 11.3 Å². The minimum absolute atomic E-state index is 0.0139. The van der Waals surface area contributed by atoms with Crippen molar-refractivity contribution in [3.63, 3.8) is 0 Å². The zero-order chi connectivity index (χ0) is 12.4. The first-order valence-corrected chi connectivity index (χ1v) is 7.26. The maximum atomic E-state index is 12.3. The van der Waals surface area contributed by atoms with E-state index in [0.29, 0.717) is 19.7 Å². The fraction of sp³-hybridized carbons (Fsp3) is 0.667. The van der Waals surface area contributed by atoms with E-state index in [1.54, 1.807) is 17.5 Å². The van der Waals surface area contributed by atoms with Gasteiger partial charge in [0.05, 0.1) is 19.2 Å². The zero-order valence-corrected chi connectivity index (χ0v) is 11.0. The minimum Gasteiger partial charge on any atom is -0.367 e. The number of carbonyl (C=O) groups is 1. The van der Waals surface area contributed by atoms with Gasteiger partial charge < -0.3 is 15.0 Å². The van der Waals surface area contributed by atoms with Crippen molar-refractivity contribution in [3.8, 4) is 0 Å². The summed E-state index contributed by atoms with van der Waals surface area (Å²) in [5.41, 5.74) is 0. The van der Waals surface area contributed by atoms with E-state index in [1.807, 2.05) is 10.3 Å². The molecule has 1 aromatic heterocycles. The van der Waals surface area contributed by atoms with Crippen LogP contribution in [0.4, 0.5) is 0 Å². The molecular weight excluding hydrogens is 250 g/mol. The molecule has 0 bridgehead atoms. The van der Waals surface area contributed by atoms with Crippen molar-refractivity contribution in [2.45, 2.75) is 25.0 Å². The average Bonchev–Trinajstić information content (AvgIpc) is 3.11. The molecule has 0 aromatic carbocycles. The summed E-state index contributed by atoms with van der Waals surface area (Å²) in [6.45, 7) is 2.88. The highest BCUT2D eigenvalue weighted by molar-refractivity contribution is 7.09. The van der Waals surface area contributed by atoms with Crippen LogP contribution in [0, 0.1) is 0 Å². The number of hydrogen-bond donors (Lipinski definition) is 1. The van der Waals surface area contributed by atoms with E-state index in [9.17, 15) is 4.79 Å². The summed E-state index contributed by atoms with van der Waals surface area (Å²) in [6, 6.07) is 0.0139. The summed E-state index contributed by atoms with van der Waals surface area (Å²) in [5.74, 6) is 0.220. The summed E-state index contributed by atoms with van der Waals surface area (Å²) < 4.78 is 5.70. The Morgan fingerprint density at radius 2 is 2.56 bits per heavy atom. The van der Waals surface area contributed by atoms with Gasteiger partial charge in [0.2, 0.25) is 5.91 Å². The first-order chi connectivity index (χ1) is 8.84. The molecule has 2 saturated heterocycles. The maximum absolute atomic E-state index is 12.3. The van der Waals surface area contributed by atoms with Crippen LogP contribution in [0.5, 0.6) is 0 Å². The molecule has 2 fully saturated rings. The molecule has 1 N–H and O–H groups in total. The molecule has 0 radical (unpaired) electrons. The van der Waals surface area contributed by atoms with Crippen molar-refractivity contribution >= 4 is 17.2 Å². The van der Waals surface area contributed by atoms with Crippen LogP contribution < -0.4 is 5.32 Å². The highest BCUT2D eigenvalue weighted by atomic mass is 32.1. The maximum Gasteiger partial charge on any atom is 0.239 e. The van der Waals surface area contributed by atoms with Crippen LogP contribution in [-0.2, 0) is 9.53 Å². The molecule has 0 aliphatic carbocycles. The van der Waals surface area contributed by atoms with Crippen LogP contribution in [0.1, 0.15) is 24.0 Å². The topological polar surface area (TPSA) is 54.5 Å². The van der Waals surface area contributed by atoms with Gasteiger partial charge >= 0.3 is 0 Å². The number of thiazole rings is 1. The van der Waals surface area contributed by atoms with Crippen LogP contribution >= 0.6 is 11.3 Å². The van der Waals surface area contributed by atoms with Crippen molar-refractivity contribution < 1.29 is 9.53 Å². The number of morpholine rings is 1. The summed E-state index contributed by atoms with van der Waals surface area (Å²) in [6.07, 6.45) is 3.78. The Labute approximate surface area is 110 Å². The molecule has 0 saturated carbocycles. The van der Waals surface area contributed by atoms with Gasteiger partial charge in [-0.3, -0.25) is 4.79 Å². The largest absolute Gasteiger partial charge is 0.367 e. The van der Waals surface area contributed by atoms with Gasteiger partial charge in [-0.25, -0.2) is 4.98 Å². The normalized spacial score (nSPS) is 28.6. The summed E-state index contributed by atoms with van der Waals surface area (Å²) >= 11 is 1.59. The van der Waals surface area contributed by atoms with Gasteiger partial charge in [-0.05, 0) is 19.4 Å². The van der Waals surface area contributed by atoms with E-state index in [4.69, 9.17) is 4.74 Å². The fourth-order valence-corrected chi connectivity index (χ4v) is 3.19. The van der Waals surface area contributed by atoms with Crippen molar-refractivity contribution in [1.29, 1.82) is 0 Å². The molecule has 1 aromatic rings. The standard InChI is InChI=1S/C12H17N3O2S/c16-12(9-2-1-3-13-9)15-5-6-17-10(8-15)11-14-4-7-18-11/h4,7,9-10,13H,1-3,5-6,8H2. The van der Waals surface area contributed by atoms with Crippen molar-refractivity contribution in [2.75, 3.05) is 26.2 Å². The Balaban J connectivity index is 1.64. The lowest BCUT2D eigenvalue weighted by atomic mass is 10.2. The third kappa shape index (κ3) is 2.41. The molecule has 2 atom stereocenters. The predicted octanol–water partition coefficient (Wildman–Crippen LogP) is 0.795. The smallest absolute Gasteiger partial charge is 0.239 e. The van der Waals surface area contributed by atoms with Crippen LogP contribution in [0.2, 0.25) is 0 Å². The molecule has 5 nitrogen and oxygen atoms in total. The van der Waals surface area contributed by atoms with Gasteiger partial charge in [0.1, 0.15) is 11.1 Å². The van der Waals surface area contributed by atoms with E-state index in [1.165, 1.54) is 0 Å². The van der Waals surface area contributed by atoms with Crippen molar-refractivity contribution in [1.82, 2.24) is 15.2 Å². The minimum atomic E-state index is -0.0518. The number of carbonyl (C=O) groups excluding carboxylic acids is 1. The molecule has 6 heteroatoms. The van der Waals surface area contributed by atoms with E-state index >= 15 is 0 Å². The molecule has 98 valence electrons. The van der Waals surface area contributed by atoms with Gasteiger partial charge in [-0.2, -0.15) is 0 Å². The Morgan fingerprint density at radius 3 is 3.28 bits per heavy atom. The van der Waals surface area contributed by atoms with Crippen LogP contribution in [-0.4, -0.2) is 48.1 Å². The molecule has 3 heterocycles. The number of rotatable bonds is 2. The van der Waals surface area contributed by atoms with Crippen LogP contribution in [0.15, 0.2) is 11.6 Å². The van der Waals surface area contributed by atoms with Gasteiger partial charge in [0.25, 0.3) is 0 Å². The molecule has 18 heavy (non-hydrogen) atoms. The van der Waals surface area contributed by atoms with Crippen molar-refractivity contribution in [2.24, 2.45) is 0 Å². The summed E-state index contributed by atoms with van der Waals surface area (Å²) in [5, 5.41) is 6.17. The Morgan fingerprint density at radius 1 is 1.61 bits per heavy atom. The number of amides is 1. The number of aromatic nitrogens is 1. The van der Waals surface area contributed by atoms with Gasteiger partial charge in [-0.1, -0.05) is 0 Å². The molecule has 2 aliphatic rings. The first-order valence-electron chi connectivity index (χ1n) is 6.38. The Hall–Kier alpha value is -0.980. The van der Waals surface area contributed by atoms with Crippen LogP contribution in [0.25, 0.3) is 0 Å². The molecular formula is C12H17N3O2S. The highest BCUT2D eigenvalue weighted by Crippen LogP contribution is 2.24. The third-order valence-corrected chi connectivity index (χ3v) is 4.33. The number of nitrogens with zero attached hydrogens (tertiary/aromatic N) is 2. The van der Waals surface area contributed by atoms with E-state index in [0.717, 1.165) is 24.4 Å². The third-order valence-electron chi connectivity index (χ3n) is 3.46. The lowest BCUT2D eigenvalue weighted by Gasteiger charge is -2.33. The predicted molar refractivity (Wildman–Crippen MR) is 68.4 cm³/mol. The van der Waals surface area contributed by atoms with Crippen molar-refractivity contribution in [3.05, 3.63) is 16.6 Å². The lowest BCUT2D eigenvalue weighted by Crippen LogP contribution is -2.49. The molecule has 1 amide bonds. The number of hydrogen-bond acceptors (Lipinski definition) is 5. The van der Waals surface area contributed by atoms with E-state index in [2.05, 4.69) is 10.3 Å². The highest BCUT2D eigenvalue weighted by Gasteiger charge is 2.31. The van der Waals surface area contributed by atoms with Crippen LogP contribution in [0.3, 0.4) is 0 Å². The number of nitrogens with one attached hydrogen (secondary N) is 1. The molecule has 2 aliphatic heterocycles. The second-order valence-corrected chi connectivity index (χ2v) is 5.59.